The molecule has 1 aromatic rings. The highest BCUT2D eigenvalue weighted by atomic mass is 35.5. The number of halogens is 1. The Balaban J connectivity index is 2.30. The molecule has 84 valence electrons. The number of hydrogen-bond donors (Lipinski definition) is 1. The fraction of sp³-hybridized carbons (Fsp3) is 0.583. The quantitative estimate of drug-likeness (QED) is 0.630. The van der Waals surface area contributed by atoms with Gasteiger partial charge in [0.2, 0.25) is 0 Å². The number of rotatable bonds is 4. The van der Waals surface area contributed by atoms with Crippen molar-refractivity contribution in [3.8, 4) is 0 Å². The number of pyridine rings is 1. The van der Waals surface area contributed by atoms with Crippen LogP contribution in [0.1, 0.15) is 32.8 Å². The van der Waals surface area contributed by atoms with Gasteiger partial charge < -0.3 is 5.32 Å². The molecule has 0 bridgehead atoms. The average Bonchev–Trinajstić information content (AvgIpc) is 2.13. The molecular weight excluding hydrogens is 208 g/mol. The molecule has 0 saturated heterocycles. The maximum absolute atomic E-state index is 5.94. The molecule has 0 saturated carbocycles. The number of nitrogens with zero attached hydrogens (tertiary/aromatic N) is 1. The minimum absolute atomic E-state index is 0.381. The lowest BCUT2D eigenvalue weighted by Gasteiger charge is -2.18. The molecule has 0 spiro atoms. The Kier molecular flexibility index (Phi) is 4.55. The molecule has 15 heavy (non-hydrogen) atoms. The van der Waals surface area contributed by atoms with Crippen LogP contribution in [0.5, 0.6) is 0 Å². The molecule has 1 rings (SSSR count). The molecule has 1 N–H and O–H groups in total. The lowest BCUT2D eigenvalue weighted by atomic mass is 9.92. The summed E-state index contributed by atoms with van der Waals surface area (Å²) in [5.41, 5.74) is 1.44. The Labute approximate surface area is 97.1 Å². The van der Waals surface area contributed by atoms with Gasteiger partial charge in [0.15, 0.2) is 0 Å². The molecule has 0 aliphatic rings. The van der Waals surface area contributed by atoms with Gasteiger partial charge in [-0.25, -0.2) is 4.98 Å². The number of hydrogen-bond acceptors (Lipinski definition) is 2. The fourth-order valence-electron chi connectivity index (χ4n) is 1.24. The van der Waals surface area contributed by atoms with E-state index in [1.54, 1.807) is 6.20 Å². The van der Waals surface area contributed by atoms with E-state index in [1.165, 1.54) is 0 Å². The lowest BCUT2D eigenvalue weighted by Crippen LogP contribution is -2.20. The molecule has 0 amide bonds. The van der Waals surface area contributed by atoms with Gasteiger partial charge in [0.1, 0.15) is 5.15 Å². The van der Waals surface area contributed by atoms with Crippen molar-refractivity contribution in [2.75, 3.05) is 6.54 Å². The molecule has 0 aliphatic carbocycles. The third-order valence-corrected chi connectivity index (χ3v) is 2.54. The second-order valence-corrected chi connectivity index (χ2v) is 5.30. The average molecular weight is 227 g/mol. The van der Waals surface area contributed by atoms with Crippen LogP contribution in [0.15, 0.2) is 18.3 Å². The number of aromatic nitrogens is 1. The van der Waals surface area contributed by atoms with Crippen LogP contribution < -0.4 is 5.32 Å². The summed E-state index contributed by atoms with van der Waals surface area (Å²) < 4.78 is 0. The SMILES string of the molecule is CC(C)(C)CCNCc1cccnc1Cl. The predicted octanol–water partition coefficient (Wildman–Crippen LogP) is 3.26. The van der Waals surface area contributed by atoms with Crippen molar-refractivity contribution < 1.29 is 0 Å². The first-order valence-corrected chi connectivity index (χ1v) is 5.67. The van der Waals surface area contributed by atoms with Crippen LogP contribution >= 0.6 is 11.6 Å². The Bertz CT molecular complexity index is 305. The second-order valence-electron chi connectivity index (χ2n) is 4.94. The highest BCUT2D eigenvalue weighted by molar-refractivity contribution is 6.30. The molecule has 0 aromatic carbocycles. The Hall–Kier alpha value is -0.600. The minimum Gasteiger partial charge on any atom is -0.313 e. The third-order valence-electron chi connectivity index (χ3n) is 2.20. The molecule has 2 nitrogen and oxygen atoms in total. The van der Waals surface area contributed by atoms with Gasteiger partial charge in [-0.1, -0.05) is 38.4 Å². The van der Waals surface area contributed by atoms with E-state index >= 15 is 0 Å². The summed E-state index contributed by atoms with van der Waals surface area (Å²) >= 11 is 5.94. The van der Waals surface area contributed by atoms with Crippen molar-refractivity contribution >= 4 is 11.6 Å². The Morgan fingerprint density at radius 3 is 2.73 bits per heavy atom. The van der Waals surface area contributed by atoms with Crippen LogP contribution in [0, 0.1) is 5.41 Å². The van der Waals surface area contributed by atoms with Gasteiger partial charge in [0, 0.05) is 18.3 Å². The highest BCUT2D eigenvalue weighted by Gasteiger charge is 2.08. The highest BCUT2D eigenvalue weighted by Crippen LogP contribution is 2.17. The molecule has 0 unspecified atom stereocenters. The summed E-state index contributed by atoms with van der Waals surface area (Å²) in [6.07, 6.45) is 2.87. The van der Waals surface area contributed by atoms with E-state index in [0.29, 0.717) is 10.6 Å². The van der Waals surface area contributed by atoms with Gasteiger partial charge in [-0.2, -0.15) is 0 Å². The van der Waals surface area contributed by atoms with Crippen molar-refractivity contribution in [3.63, 3.8) is 0 Å². The monoisotopic (exact) mass is 226 g/mol. The molecule has 0 radical (unpaired) electrons. The van der Waals surface area contributed by atoms with Crippen LogP contribution in [0.3, 0.4) is 0 Å². The van der Waals surface area contributed by atoms with E-state index < -0.39 is 0 Å². The summed E-state index contributed by atoms with van der Waals surface area (Å²) in [4.78, 5) is 4.03. The molecule has 1 heterocycles. The summed E-state index contributed by atoms with van der Waals surface area (Å²) in [5, 5.41) is 3.97. The first-order valence-electron chi connectivity index (χ1n) is 5.29. The van der Waals surface area contributed by atoms with Gasteiger partial charge in [-0.15, -0.1) is 0 Å². The Morgan fingerprint density at radius 2 is 2.13 bits per heavy atom. The molecular formula is C12H19ClN2. The molecule has 0 aliphatic heterocycles. The minimum atomic E-state index is 0.381. The van der Waals surface area contributed by atoms with Crippen LogP contribution in [0.25, 0.3) is 0 Å². The normalized spacial score (nSPS) is 11.7. The maximum atomic E-state index is 5.94. The topological polar surface area (TPSA) is 24.9 Å². The van der Waals surface area contributed by atoms with E-state index in [-0.39, 0.29) is 0 Å². The van der Waals surface area contributed by atoms with Crippen molar-refractivity contribution in [1.82, 2.24) is 10.3 Å². The summed E-state index contributed by atoms with van der Waals surface area (Å²) in [7, 11) is 0. The summed E-state index contributed by atoms with van der Waals surface area (Å²) in [6, 6.07) is 3.91. The zero-order chi connectivity index (χ0) is 11.3. The number of nitrogens with one attached hydrogen (secondary N) is 1. The molecule has 0 fully saturated rings. The summed E-state index contributed by atoms with van der Waals surface area (Å²) in [6.45, 7) is 8.53. The van der Waals surface area contributed by atoms with E-state index in [0.717, 1.165) is 25.1 Å². The first kappa shape index (κ1) is 12.5. The van der Waals surface area contributed by atoms with Crippen molar-refractivity contribution in [2.24, 2.45) is 5.41 Å². The van der Waals surface area contributed by atoms with Crippen molar-refractivity contribution in [3.05, 3.63) is 29.0 Å². The Morgan fingerprint density at radius 1 is 1.40 bits per heavy atom. The van der Waals surface area contributed by atoms with E-state index in [2.05, 4.69) is 31.1 Å². The molecule has 0 atom stereocenters. The van der Waals surface area contributed by atoms with Crippen LogP contribution in [-0.2, 0) is 6.54 Å². The standard InChI is InChI=1S/C12H19ClN2/c1-12(2,3)6-8-14-9-10-5-4-7-15-11(10)13/h4-5,7,14H,6,8-9H2,1-3H3. The zero-order valence-corrected chi connectivity index (χ0v) is 10.4. The third kappa shape index (κ3) is 5.14. The van der Waals surface area contributed by atoms with Gasteiger partial charge in [-0.05, 0) is 24.4 Å². The molecule has 1 aromatic heterocycles. The van der Waals surface area contributed by atoms with Gasteiger partial charge in [-0.3, -0.25) is 0 Å². The van der Waals surface area contributed by atoms with Crippen LogP contribution in [0.4, 0.5) is 0 Å². The van der Waals surface area contributed by atoms with Gasteiger partial charge in [0.05, 0.1) is 0 Å². The second kappa shape index (κ2) is 5.47. The lowest BCUT2D eigenvalue weighted by molar-refractivity contribution is 0.366. The summed E-state index contributed by atoms with van der Waals surface area (Å²) in [5.74, 6) is 0. The van der Waals surface area contributed by atoms with Crippen molar-refractivity contribution in [2.45, 2.75) is 33.7 Å². The van der Waals surface area contributed by atoms with Gasteiger partial charge >= 0.3 is 0 Å². The van der Waals surface area contributed by atoms with E-state index in [9.17, 15) is 0 Å². The zero-order valence-electron chi connectivity index (χ0n) is 9.68. The van der Waals surface area contributed by atoms with Crippen LogP contribution in [-0.4, -0.2) is 11.5 Å². The first-order chi connectivity index (χ1) is 6.99. The van der Waals surface area contributed by atoms with E-state index in [4.69, 9.17) is 11.6 Å². The van der Waals surface area contributed by atoms with Crippen LogP contribution in [0.2, 0.25) is 5.15 Å². The smallest absolute Gasteiger partial charge is 0.133 e. The van der Waals surface area contributed by atoms with Gasteiger partial charge in [0.25, 0.3) is 0 Å². The fourth-order valence-corrected chi connectivity index (χ4v) is 1.42. The van der Waals surface area contributed by atoms with E-state index in [1.807, 2.05) is 12.1 Å². The predicted molar refractivity (Wildman–Crippen MR) is 65.0 cm³/mol. The maximum Gasteiger partial charge on any atom is 0.133 e. The van der Waals surface area contributed by atoms with Crippen molar-refractivity contribution in [1.29, 1.82) is 0 Å². The largest absolute Gasteiger partial charge is 0.313 e. The molecule has 3 heteroatoms.